The van der Waals surface area contributed by atoms with Crippen molar-refractivity contribution in [3.8, 4) is 0 Å². The van der Waals surface area contributed by atoms with Crippen LogP contribution in [0.1, 0.15) is 33.1 Å². The first-order valence-corrected chi connectivity index (χ1v) is 5.14. The molecule has 0 spiro atoms. The standard InChI is InChI=1S/C10H21NO/c1-3-12-8-9(2)11-7-10-5-4-6-10/h9-11H,3-8H2,1-2H3. The van der Waals surface area contributed by atoms with Gasteiger partial charge >= 0.3 is 0 Å². The highest BCUT2D eigenvalue weighted by atomic mass is 16.5. The zero-order valence-electron chi connectivity index (χ0n) is 8.31. The Morgan fingerprint density at radius 2 is 2.25 bits per heavy atom. The van der Waals surface area contributed by atoms with Gasteiger partial charge in [0.25, 0.3) is 0 Å². The van der Waals surface area contributed by atoms with Crippen molar-refractivity contribution in [2.24, 2.45) is 5.92 Å². The van der Waals surface area contributed by atoms with Gasteiger partial charge < -0.3 is 10.1 Å². The summed E-state index contributed by atoms with van der Waals surface area (Å²) in [4.78, 5) is 0. The van der Waals surface area contributed by atoms with Crippen LogP contribution in [0.3, 0.4) is 0 Å². The molecule has 2 nitrogen and oxygen atoms in total. The summed E-state index contributed by atoms with van der Waals surface area (Å²) < 4.78 is 5.32. The van der Waals surface area contributed by atoms with Gasteiger partial charge in [0, 0.05) is 12.6 Å². The predicted octanol–water partition coefficient (Wildman–Crippen LogP) is 1.80. The van der Waals surface area contributed by atoms with Gasteiger partial charge in [0.15, 0.2) is 0 Å². The lowest BCUT2D eigenvalue weighted by molar-refractivity contribution is 0.123. The minimum Gasteiger partial charge on any atom is -0.380 e. The molecule has 0 saturated heterocycles. The zero-order valence-corrected chi connectivity index (χ0v) is 8.31. The molecule has 1 fully saturated rings. The van der Waals surface area contributed by atoms with E-state index in [-0.39, 0.29) is 0 Å². The number of hydrogen-bond donors (Lipinski definition) is 1. The Hall–Kier alpha value is -0.0800. The second kappa shape index (κ2) is 5.55. The quantitative estimate of drug-likeness (QED) is 0.658. The average molecular weight is 171 g/mol. The second-order valence-electron chi connectivity index (χ2n) is 3.77. The lowest BCUT2D eigenvalue weighted by Crippen LogP contribution is -2.36. The molecule has 1 aliphatic carbocycles. The second-order valence-corrected chi connectivity index (χ2v) is 3.77. The fourth-order valence-corrected chi connectivity index (χ4v) is 1.42. The van der Waals surface area contributed by atoms with Crippen LogP contribution in [0.2, 0.25) is 0 Å². The van der Waals surface area contributed by atoms with Gasteiger partial charge in [0.1, 0.15) is 0 Å². The van der Waals surface area contributed by atoms with Crippen LogP contribution in [0.5, 0.6) is 0 Å². The van der Waals surface area contributed by atoms with Gasteiger partial charge in [-0.2, -0.15) is 0 Å². The Balaban J connectivity index is 1.90. The van der Waals surface area contributed by atoms with E-state index in [9.17, 15) is 0 Å². The smallest absolute Gasteiger partial charge is 0.0616 e. The highest BCUT2D eigenvalue weighted by Gasteiger charge is 2.17. The van der Waals surface area contributed by atoms with Crippen LogP contribution in [0.25, 0.3) is 0 Å². The van der Waals surface area contributed by atoms with E-state index in [0.717, 1.165) is 19.1 Å². The SMILES string of the molecule is CCOCC(C)NCC1CCC1. The van der Waals surface area contributed by atoms with Gasteiger partial charge in [-0.05, 0) is 39.2 Å². The highest BCUT2D eigenvalue weighted by molar-refractivity contribution is 4.73. The summed E-state index contributed by atoms with van der Waals surface area (Å²) in [5.41, 5.74) is 0. The first-order chi connectivity index (χ1) is 5.83. The predicted molar refractivity (Wildman–Crippen MR) is 51.3 cm³/mol. The molecule has 1 saturated carbocycles. The van der Waals surface area contributed by atoms with Gasteiger partial charge in [-0.15, -0.1) is 0 Å². The van der Waals surface area contributed by atoms with Crippen LogP contribution >= 0.6 is 0 Å². The number of nitrogens with one attached hydrogen (secondary N) is 1. The van der Waals surface area contributed by atoms with Gasteiger partial charge in [0.05, 0.1) is 6.61 Å². The van der Waals surface area contributed by atoms with E-state index < -0.39 is 0 Å². The number of hydrogen-bond acceptors (Lipinski definition) is 2. The molecule has 12 heavy (non-hydrogen) atoms. The molecule has 0 bridgehead atoms. The van der Waals surface area contributed by atoms with Crippen molar-refractivity contribution in [2.75, 3.05) is 19.8 Å². The molecule has 0 heterocycles. The molecule has 1 rings (SSSR count). The van der Waals surface area contributed by atoms with Crippen LogP contribution in [-0.4, -0.2) is 25.8 Å². The third-order valence-electron chi connectivity index (χ3n) is 2.55. The minimum atomic E-state index is 0.519. The molecule has 1 unspecified atom stereocenters. The van der Waals surface area contributed by atoms with Crippen molar-refractivity contribution in [1.29, 1.82) is 0 Å². The lowest BCUT2D eigenvalue weighted by atomic mass is 9.85. The topological polar surface area (TPSA) is 21.3 Å². The molecule has 0 radical (unpaired) electrons. The third-order valence-corrected chi connectivity index (χ3v) is 2.55. The van der Waals surface area contributed by atoms with E-state index >= 15 is 0 Å². The molecular formula is C10H21NO. The molecule has 1 N–H and O–H groups in total. The summed E-state index contributed by atoms with van der Waals surface area (Å²) in [6, 6.07) is 0.519. The fraction of sp³-hybridized carbons (Fsp3) is 1.00. The maximum absolute atomic E-state index is 5.32. The van der Waals surface area contributed by atoms with Gasteiger partial charge in [-0.1, -0.05) is 6.42 Å². The van der Waals surface area contributed by atoms with Crippen molar-refractivity contribution in [2.45, 2.75) is 39.2 Å². The fourth-order valence-electron chi connectivity index (χ4n) is 1.42. The molecule has 0 aromatic rings. The Morgan fingerprint density at radius 1 is 1.50 bits per heavy atom. The van der Waals surface area contributed by atoms with Crippen LogP contribution < -0.4 is 5.32 Å². The monoisotopic (exact) mass is 171 g/mol. The van der Waals surface area contributed by atoms with Gasteiger partial charge in [-0.3, -0.25) is 0 Å². The number of ether oxygens (including phenoxy) is 1. The Bertz CT molecular complexity index is 112. The Kier molecular flexibility index (Phi) is 4.62. The third kappa shape index (κ3) is 3.55. The summed E-state index contributed by atoms with van der Waals surface area (Å²) in [6.07, 6.45) is 4.29. The molecule has 1 aliphatic rings. The molecule has 0 aromatic carbocycles. The van der Waals surface area contributed by atoms with Crippen molar-refractivity contribution in [1.82, 2.24) is 5.32 Å². The first-order valence-electron chi connectivity index (χ1n) is 5.14. The van der Waals surface area contributed by atoms with E-state index in [4.69, 9.17) is 4.74 Å². The van der Waals surface area contributed by atoms with E-state index in [0.29, 0.717) is 6.04 Å². The summed E-state index contributed by atoms with van der Waals surface area (Å²) in [5, 5.41) is 3.49. The zero-order chi connectivity index (χ0) is 8.81. The number of rotatable bonds is 6. The molecule has 0 amide bonds. The normalized spacial score (nSPS) is 20.5. The minimum absolute atomic E-state index is 0.519. The molecular weight excluding hydrogens is 150 g/mol. The van der Waals surface area contributed by atoms with Gasteiger partial charge in [-0.25, -0.2) is 0 Å². The van der Waals surface area contributed by atoms with Crippen molar-refractivity contribution in [3.63, 3.8) is 0 Å². The van der Waals surface area contributed by atoms with Crippen molar-refractivity contribution >= 4 is 0 Å². The summed E-state index contributed by atoms with van der Waals surface area (Å²) in [6.45, 7) is 7.10. The van der Waals surface area contributed by atoms with Gasteiger partial charge in [0.2, 0.25) is 0 Å². The molecule has 1 atom stereocenters. The van der Waals surface area contributed by atoms with Crippen molar-refractivity contribution < 1.29 is 4.74 Å². The first kappa shape index (κ1) is 10.0. The highest BCUT2D eigenvalue weighted by Crippen LogP contribution is 2.25. The maximum Gasteiger partial charge on any atom is 0.0616 e. The Morgan fingerprint density at radius 3 is 2.75 bits per heavy atom. The summed E-state index contributed by atoms with van der Waals surface area (Å²) in [7, 11) is 0. The van der Waals surface area contributed by atoms with Crippen LogP contribution in [-0.2, 0) is 4.74 Å². The van der Waals surface area contributed by atoms with Crippen LogP contribution in [0.4, 0.5) is 0 Å². The molecule has 2 heteroatoms. The van der Waals surface area contributed by atoms with E-state index in [1.54, 1.807) is 0 Å². The summed E-state index contributed by atoms with van der Waals surface area (Å²) >= 11 is 0. The summed E-state index contributed by atoms with van der Waals surface area (Å²) in [5.74, 6) is 0.953. The maximum atomic E-state index is 5.32. The van der Waals surface area contributed by atoms with E-state index in [1.165, 1.54) is 25.8 Å². The van der Waals surface area contributed by atoms with Crippen LogP contribution in [0, 0.1) is 5.92 Å². The van der Waals surface area contributed by atoms with E-state index in [1.807, 2.05) is 6.92 Å². The molecule has 0 aliphatic heterocycles. The average Bonchev–Trinajstić information content (AvgIpc) is 1.98. The van der Waals surface area contributed by atoms with E-state index in [2.05, 4.69) is 12.2 Å². The Labute approximate surface area is 75.7 Å². The molecule has 72 valence electrons. The lowest BCUT2D eigenvalue weighted by Gasteiger charge is -2.27. The largest absolute Gasteiger partial charge is 0.380 e. The van der Waals surface area contributed by atoms with Crippen molar-refractivity contribution in [3.05, 3.63) is 0 Å². The molecule has 0 aromatic heterocycles. The van der Waals surface area contributed by atoms with Crippen LogP contribution in [0.15, 0.2) is 0 Å².